The van der Waals surface area contributed by atoms with Crippen LogP contribution < -0.4 is 14.9 Å². The van der Waals surface area contributed by atoms with Crippen molar-refractivity contribution in [3.8, 4) is 5.75 Å². The van der Waals surface area contributed by atoms with Gasteiger partial charge in [0.05, 0.1) is 17.5 Å². The number of fused-ring (bicyclic) bond motifs is 1. The van der Waals surface area contributed by atoms with Crippen LogP contribution in [0, 0.1) is 6.92 Å². The van der Waals surface area contributed by atoms with Gasteiger partial charge in [0.25, 0.3) is 5.91 Å². The first-order chi connectivity index (χ1) is 17.4. The molecule has 0 spiro atoms. The first-order valence-corrected chi connectivity index (χ1v) is 12.4. The zero-order valence-corrected chi connectivity index (χ0v) is 20.7. The minimum absolute atomic E-state index is 0.0849. The molecule has 2 aromatic heterocycles. The van der Waals surface area contributed by atoms with Gasteiger partial charge in [-0.3, -0.25) is 19.4 Å². The minimum atomic E-state index is -0.348. The predicted molar refractivity (Wildman–Crippen MR) is 136 cm³/mol. The topological polar surface area (TPSA) is 117 Å². The Morgan fingerprint density at radius 2 is 1.94 bits per heavy atom. The third-order valence-corrected chi connectivity index (χ3v) is 7.17. The summed E-state index contributed by atoms with van der Waals surface area (Å²) >= 11 is 1.00. The van der Waals surface area contributed by atoms with Crippen molar-refractivity contribution in [1.82, 2.24) is 25.4 Å². The number of rotatable bonds is 6. The molecule has 10 heteroatoms. The van der Waals surface area contributed by atoms with Gasteiger partial charge in [-0.15, -0.1) is 0 Å². The van der Waals surface area contributed by atoms with Crippen LogP contribution in [0.2, 0.25) is 0 Å². The Morgan fingerprint density at radius 1 is 1.17 bits per heavy atom. The van der Waals surface area contributed by atoms with Crippen molar-refractivity contribution >= 4 is 34.1 Å². The van der Waals surface area contributed by atoms with E-state index in [0.29, 0.717) is 36.0 Å². The van der Waals surface area contributed by atoms with Crippen LogP contribution in [-0.4, -0.2) is 51.0 Å². The maximum atomic E-state index is 13.0. The number of aryl methyl sites for hydroxylation is 1. The number of H-pyrrole nitrogens is 1. The molecule has 9 nitrogen and oxygen atoms in total. The van der Waals surface area contributed by atoms with Crippen LogP contribution in [0.5, 0.6) is 5.75 Å². The lowest BCUT2D eigenvalue weighted by molar-refractivity contribution is -0.127. The summed E-state index contributed by atoms with van der Waals surface area (Å²) in [4.78, 5) is 42.5. The molecular formula is C26H25N5O4S. The fourth-order valence-corrected chi connectivity index (χ4v) is 5.25. The van der Waals surface area contributed by atoms with Crippen LogP contribution in [0.4, 0.5) is 0 Å². The van der Waals surface area contributed by atoms with Gasteiger partial charge in [0.2, 0.25) is 5.91 Å². The summed E-state index contributed by atoms with van der Waals surface area (Å²) in [5.41, 5.74) is 3.37. The highest BCUT2D eigenvalue weighted by molar-refractivity contribution is 7.08. The van der Waals surface area contributed by atoms with Crippen molar-refractivity contribution < 1.29 is 14.3 Å². The largest absolute Gasteiger partial charge is 0.489 e. The zero-order valence-electron chi connectivity index (χ0n) is 19.9. The van der Waals surface area contributed by atoms with E-state index in [1.54, 1.807) is 29.2 Å². The number of para-hydroxylation sites is 1. The van der Waals surface area contributed by atoms with Gasteiger partial charge < -0.3 is 15.0 Å². The number of aromatic nitrogens is 3. The van der Waals surface area contributed by atoms with Gasteiger partial charge in [-0.25, -0.2) is 5.10 Å². The van der Waals surface area contributed by atoms with Crippen molar-refractivity contribution in [3.63, 3.8) is 0 Å². The fraction of sp³-hybridized carbons (Fsp3) is 0.269. The summed E-state index contributed by atoms with van der Waals surface area (Å²) in [7, 11) is 0. The maximum absolute atomic E-state index is 13.0. The second kappa shape index (κ2) is 9.90. The van der Waals surface area contributed by atoms with E-state index in [1.165, 1.54) is 6.92 Å². The summed E-state index contributed by atoms with van der Waals surface area (Å²) in [6.07, 6.45) is 0. The highest BCUT2D eigenvalue weighted by Crippen LogP contribution is 2.28. The SMILES string of the molecule is CC(=O)N1CC(NC(=O)c2ccc(OCc3cc(C)nc4ccccc34)cc2)C(c2n[nH]c(=O)s2)C1. The maximum Gasteiger partial charge on any atom is 0.322 e. The monoisotopic (exact) mass is 503 g/mol. The lowest BCUT2D eigenvalue weighted by Crippen LogP contribution is -2.40. The number of hydrogen-bond donors (Lipinski definition) is 2. The molecule has 0 bridgehead atoms. The molecule has 4 aromatic rings. The Balaban J connectivity index is 1.26. The molecule has 1 fully saturated rings. The lowest BCUT2D eigenvalue weighted by Gasteiger charge is -2.17. The smallest absolute Gasteiger partial charge is 0.322 e. The molecule has 3 heterocycles. The van der Waals surface area contributed by atoms with Gasteiger partial charge in [0.1, 0.15) is 17.4 Å². The molecule has 1 aliphatic rings. The van der Waals surface area contributed by atoms with Crippen molar-refractivity contribution in [3.05, 3.63) is 86.1 Å². The second-order valence-corrected chi connectivity index (χ2v) is 9.81. The van der Waals surface area contributed by atoms with E-state index in [1.807, 2.05) is 37.3 Å². The van der Waals surface area contributed by atoms with Crippen LogP contribution in [-0.2, 0) is 11.4 Å². The van der Waals surface area contributed by atoms with Crippen LogP contribution in [0.25, 0.3) is 10.9 Å². The van der Waals surface area contributed by atoms with E-state index < -0.39 is 0 Å². The minimum Gasteiger partial charge on any atom is -0.489 e. The number of benzene rings is 2. The number of carbonyl (C=O) groups is 2. The summed E-state index contributed by atoms with van der Waals surface area (Å²) in [6, 6.07) is 16.6. The molecule has 2 amide bonds. The molecule has 0 aliphatic carbocycles. The normalized spacial score (nSPS) is 17.3. The molecule has 184 valence electrons. The molecular weight excluding hydrogens is 478 g/mol. The van der Waals surface area contributed by atoms with Crippen LogP contribution in [0.15, 0.2) is 59.4 Å². The van der Waals surface area contributed by atoms with Crippen molar-refractivity contribution in [2.45, 2.75) is 32.4 Å². The van der Waals surface area contributed by atoms with Gasteiger partial charge in [-0.2, -0.15) is 5.10 Å². The van der Waals surface area contributed by atoms with E-state index >= 15 is 0 Å². The predicted octanol–water partition coefficient (Wildman–Crippen LogP) is 3.01. The Labute approximate surface area is 211 Å². The number of amides is 2. The van der Waals surface area contributed by atoms with E-state index in [4.69, 9.17) is 4.74 Å². The Morgan fingerprint density at radius 3 is 2.67 bits per heavy atom. The van der Waals surface area contributed by atoms with Crippen LogP contribution >= 0.6 is 11.3 Å². The number of carbonyl (C=O) groups excluding carboxylic acids is 2. The van der Waals surface area contributed by atoms with Gasteiger partial charge in [-0.1, -0.05) is 29.5 Å². The number of nitrogens with zero attached hydrogens (tertiary/aromatic N) is 3. The molecule has 5 rings (SSSR count). The number of nitrogens with one attached hydrogen (secondary N) is 2. The molecule has 2 N–H and O–H groups in total. The molecule has 1 aliphatic heterocycles. The number of hydrogen-bond acceptors (Lipinski definition) is 7. The molecule has 2 unspecified atom stereocenters. The van der Waals surface area contributed by atoms with Crippen molar-refractivity contribution in [2.75, 3.05) is 13.1 Å². The van der Waals surface area contributed by atoms with Gasteiger partial charge in [-0.05, 0) is 43.3 Å². The summed E-state index contributed by atoms with van der Waals surface area (Å²) in [5, 5.41) is 11.1. The van der Waals surface area contributed by atoms with E-state index in [0.717, 1.165) is 33.5 Å². The second-order valence-electron chi connectivity index (χ2n) is 8.81. The average Bonchev–Trinajstić information content (AvgIpc) is 3.49. The van der Waals surface area contributed by atoms with Crippen molar-refractivity contribution in [2.24, 2.45) is 0 Å². The average molecular weight is 504 g/mol. The standard InChI is InChI=1S/C26H25N5O4S/c1-15-11-18(20-5-3-4-6-22(20)27-15)14-35-19-9-7-17(8-10-19)24(33)28-23-13-31(16(2)32)12-21(23)25-29-30-26(34)36-25/h3-11,21,23H,12-14H2,1-2H3,(H,28,33)(H,30,34). The number of likely N-dealkylation sites (tertiary alicyclic amines) is 1. The first kappa shape index (κ1) is 23.7. The first-order valence-electron chi connectivity index (χ1n) is 11.6. The van der Waals surface area contributed by atoms with Gasteiger partial charge >= 0.3 is 4.87 Å². The van der Waals surface area contributed by atoms with Gasteiger partial charge in [0, 0.05) is 42.2 Å². The number of aromatic amines is 1. The van der Waals surface area contributed by atoms with Crippen LogP contribution in [0.1, 0.15) is 39.5 Å². The van der Waals surface area contributed by atoms with Crippen molar-refractivity contribution in [1.29, 1.82) is 0 Å². The lowest BCUT2D eigenvalue weighted by atomic mass is 10.0. The third kappa shape index (κ3) is 4.99. The Hall–Kier alpha value is -4.05. The fourth-order valence-electron chi connectivity index (χ4n) is 4.49. The highest BCUT2D eigenvalue weighted by atomic mass is 32.1. The molecule has 1 saturated heterocycles. The summed E-state index contributed by atoms with van der Waals surface area (Å²) in [5.74, 6) is 0.0508. The Bertz CT molecular complexity index is 1480. The van der Waals surface area contributed by atoms with Gasteiger partial charge in [0.15, 0.2) is 0 Å². The molecule has 2 aromatic carbocycles. The van der Waals surface area contributed by atoms with E-state index in [9.17, 15) is 14.4 Å². The molecule has 2 atom stereocenters. The Kier molecular flexibility index (Phi) is 6.51. The third-order valence-electron chi connectivity index (χ3n) is 6.29. The number of pyridine rings is 1. The molecule has 36 heavy (non-hydrogen) atoms. The summed E-state index contributed by atoms with van der Waals surface area (Å²) in [6.45, 7) is 4.59. The highest BCUT2D eigenvalue weighted by Gasteiger charge is 2.38. The van der Waals surface area contributed by atoms with E-state index in [-0.39, 0.29) is 28.6 Å². The van der Waals surface area contributed by atoms with Crippen LogP contribution in [0.3, 0.4) is 0 Å². The quantitative estimate of drug-likeness (QED) is 0.418. The molecule has 0 radical (unpaired) electrons. The molecule has 0 saturated carbocycles. The number of ether oxygens (including phenoxy) is 1. The summed E-state index contributed by atoms with van der Waals surface area (Å²) < 4.78 is 6.00. The zero-order chi connectivity index (χ0) is 25.2. The van der Waals surface area contributed by atoms with E-state index in [2.05, 4.69) is 20.5 Å².